The standard InChI is InChI=1S/C19H27F2N3O3/c1-11(22-10-19(3,4)5)17(26)24-18(27)12(2)23-16(25)8-13-6-14(20)9-15(21)7-13/h6-7,9,11-12,22H,8,10H2,1-5H3,(H,23,25)(H,24,26,27)/t11-,12-/m0/s1. The highest BCUT2D eigenvalue weighted by atomic mass is 19.1. The zero-order valence-corrected chi connectivity index (χ0v) is 16.3. The van der Waals surface area contributed by atoms with Crippen LogP contribution < -0.4 is 16.0 Å². The quantitative estimate of drug-likeness (QED) is 0.669. The third-order valence-corrected chi connectivity index (χ3v) is 3.64. The second-order valence-corrected chi connectivity index (χ2v) is 7.76. The highest BCUT2D eigenvalue weighted by Crippen LogP contribution is 2.11. The SMILES string of the molecule is C[C@H](NCC(C)(C)C)C(=O)NC(=O)[C@H](C)NC(=O)Cc1cc(F)cc(F)c1. The maximum absolute atomic E-state index is 13.1. The van der Waals surface area contributed by atoms with E-state index in [0.29, 0.717) is 12.6 Å². The molecule has 0 aromatic heterocycles. The first-order valence-corrected chi connectivity index (χ1v) is 8.70. The Morgan fingerprint density at radius 1 is 0.963 bits per heavy atom. The molecule has 8 heteroatoms. The Balaban J connectivity index is 2.50. The summed E-state index contributed by atoms with van der Waals surface area (Å²) in [5.41, 5.74) is 0.129. The number of nitrogens with one attached hydrogen (secondary N) is 3. The van der Waals surface area contributed by atoms with Crippen LogP contribution in [-0.2, 0) is 20.8 Å². The second kappa shape index (κ2) is 9.55. The molecule has 0 aliphatic heterocycles. The van der Waals surface area contributed by atoms with Crippen LogP contribution in [0.25, 0.3) is 0 Å². The summed E-state index contributed by atoms with van der Waals surface area (Å²) in [6, 6.07) is 1.23. The number of benzene rings is 1. The number of imide groups is 1. The fourth-order valence-electron chi connectivity index (χ4n) is 2.15. The lowest BCUT2D eigenvalue weighted by Gasteiger charge is -2.22. The van der Waals surface area contributed by atoms with E-state index in [1.54, 1.807) is 6.92 Å². The molecule has 0 radical (unpaired) electrons. The fourth-order valence-corrected chi connectivity index (χ4v) is 2.15. The summed E-state index contributed by atoms with van der Waals surface area (Å²) in [6.07, 6.45) is -0.288. The van der Waals surface area contributed by atoms with Crippen LogP contribution in [0.15, 0.2) is 18.2 Å². The Bertz CT molecular complexity index is 682. The van der Waals surface area contributed by atoms with Crippen LogP contribution in [-0.4, -0.2) is 36.3 Å². The van der Waals surface area contributed by atoms with Crippen LogP contribution in [0.5, 0.6) is 0 Å². The summed E-state index contributed by atoms with van der Waals surface area (Å²) in [6.45, 7) is 9.68. The molecule has 0 saturated heterocycles. The van der Waals surface area contributed by atoms with Crippen LogP contribution in [0.3, 0.4) is 0 Å². The van der Waals surface area contributed by atoms with Crippen molar-refractivity contribution in [1.82, 2.24) is 16.0 Å². The number of amides is 3. The van der Waals surface area contributed by atoms with Gasteiger partial charge in [-0.1, -0.05) is 20.8 Å². The van der Waals surface area contributed by atoms with Crippen molar-refractivity contribution >= 4 is 17.7 Å². The summed E-state index contributed by atoms with van der Waals surface area (Å²) in [4.78, 5) is 36.0. The molecule has 0 unspecified atom stereocenters. The molecule has 1 rings (SSSR count). The van der Waals surface area contributed by atoms with Crippen molar-refractivity contribution < 1.29 is 23.2 Å². The van der Waals surface area contributed by atoms with Crippen molar-refractivity contribution in [2.45, 2.75) is 53.1 Å². The normalized spacial score (nSPS) is 13.6. The van der Waals surface area contributed by atoms with Gasteiger partial charge in [-0.2, -0.15) is 0 Å². The summed E-state index contributed by atoms with van der Waals surface area (Å²) in [5.74, 6) is -3.33. The molecule has 3 amide bonds. The van der Waals surface area contributed by atoms with Gasteiger partial charge in [-0.15, -0.1) is 0 Å². The van der Waals surface area contributed by atoms with E-state index in [9.17, 15) is 23.2 Å². The molecule has 1 aromatic rings. The van der Waals surface area contributed by atoms with Crippen LogP contribution >= 0.6 is 0 Å². The number of hydrogen-bond donors (Lipinski definition) is 3. The minimum absolute atomic E-state index is 0.0177. The molecule has 3 N–H and O–H groups in total. The average molecular weight is 383 g/mol. The maximum Gasteiger partial charge on any atom is 0.248 e. The molecule has 0 heterocycles. The van der Waals surface area contributed by atoms with Crippen molar-refractivity contribution in [1.29, 1.82) is 0 Å². The highest BCUT2D eigenvalue weighted by Gasteiger charge is 2.22. The Morgan fingerprint density at radius 3 is 2.00 bits per heavy atom. The molecule has 0 aliphatic rings. The predicted molar refractivity (Wildman–Crippen MR) is 97.7 cm³/mol. The van der Waals surface area contributed by atoms with Gasteiger partial charge in [0.25, 0.3) is 0 Å². The Kier molecular flexibility index (Phi) is 8.02. The first kappa shape index (κ1) is 22.7. The highest BCUT2D eigenvalue weighted by molar-refractivity contribution is 6.00. The third kappa shape index (κ3) is 8.72. The van der Waals surface area contributed by atoms with Gasteiger partial charge in [0.1, 0.15) is 17.7 Å². The number of hydrogen-bond acceptors (Lipinski definition) is 4. The van der Waals surface area contributed by atoms with Crippen molar-refractivity contribution in [2.75, 3.05) is 6.54 Å². The van der Waals surface area contributed by atoms with Crippen LogP contribution in [0, 0.1) is 17.0 Å². The van der Waals surface area contributed by atoms with Crippen molar-refractivity contribution in [3.8, 4) is 0 Å². The number of halogens is 2. The van der Waals surface area contributed by atoms with Crippen LogP contribution in [0.2, 0.25) is 0 Å². The van der Waals surface area contributed by atoms with Crippen LogP contribution in [0.4, 0.5) is 8.78 Å². The van der Waals surface area contributed by atoms with E-state index in [1.807, 2.05) is 20.8 Å². The minimum Gasteiger partial charge on any atom is -0.344 e. The van der Waals surface area contributed by atoms with Gasteiger partial charge in [-0.3, -0.25) is 19.7 Å². The maximum atomic E-state index is 13.1. The zero-order valence-electron chi connectivity index (χ0n) is 16.3. The monoisotopic (exact) mass is 383 g/mol. The van der Waals surface area contributed by atoms with Gasteiger partial charge in [0.05, 0.1) is 12.5 Å². The van der Waals surface area contributed by atoms with Crippen LogP contribution in [0.1, 0.15) is 40.2 Å². The lowest BCUT2D eigenvalue weighted by molar-refractivity contribution is -0.134. The lowest BCUT2D eigenvalue weighted by atomic mass is 9.96. The number of rotatable bonds is 7. The third-order valence-electron chi connectivity index (χ3n) is 3.64. The smallest absolute Gasteiger partial charge is 0.248 e. The average Bonchev–Trinajstić information content (AvgIpc) is 2.50. The molecule has 2 atom stereocenters. The van der Waals surface area contributed by atoms with Gasteiger partial charge >= 0.3 is 0 Å². The number of carbonyl (C=O) groups excluding carboxylic acids is 3. The second-order valence-electron chi connectivity index (χ2n) is 7.76. The van der Waals surface area contributed by atoms with Gasteiger partial charge in [-0.25, -0.2) is 8.78 Å². The van der Waals surface area contributed by atoms with Gasteiger partial charge in [0, 0.05) is 12.6 Å². The van der Waals surface area contributed by atoms with Gasteiger partial charge in [0.15, 0.2) is 0 Å². The fraction of sp³-hybridized carbons (Fsp3) is 0.526. The molecule has 0 fully saturated rings. The lowest BCUT2D eigenvalue weighted by Crippen LogP contribution is -2.52. The summed E-state index contributed by atoms with van der Waals surface area (Å²) >= 11 is 0. The predicted octanol–water partition coefficient (Wildman–Crippen LogP) is 1.68. The molecule has 0 spiro atoms. The molecule has 0 bridgehead atoms. The van der Waals surface area contributed by atoms with Crippen molar-refractivity contribution in [2.24, 2.45) is 5.41 Å². The van der Waals surface area contributed by atoms with E-state index in [2.05, 4.69) is 16.0 Å². The molecule has 27 heavy (non-hydrogen) atoms. The van der Waals surface area contributed by atoms with E-state index >= 15 is 0 Å². The summed E-state index contributed by atoms with van der Waals surface area (Å²) < 4.78 is 26.3. The first-order valence-electron chi connectivity index (χ1n) is 8.70. The molecule has 0 aliphatic carbocycles. The van der Waals surface area contributed by atoms with Crippen molar-refractivity contribution in [3.05, 3.63) is 35.4 Å². The summed E-state index contributed by atoms with van der Waals surface area (Å²) in [5, 5.41) is 7.66. The van der Waals surface area contributed by atoms with E-state index in [4.69, 9.17) is 0 Å². The minimum atomic E-state index is -0.977. The largest absolute Gasteiger partial charge is 0.344 e. The van der Waals surface area contributed by atoms with E-state index in [-0.39, 0.29) is 17.4 Å². The number of carbonyl (C=O) groups is 3. The summed E-state index contributed by atoms with van der Waals surface area (Å²) in [7, 11) is 0. The van der Waals surface area contributed by atoms with E-state index in [0.717, 1.165) is 12.1 Å². The molecular formula is C19H27F2N3O3. The Morgan fingerprint density at radius 2 is 1.48 bits per heavy atom. The topological polar surface area (TPSA) is 87.3 Å². The Labute approximate surface area is 158 Å². The van der Waals surface area contributed by atoms with Gasteiger partial charge in [0.2, 0.25) is 17.7 Å². The zero-order chi connectivity index (χ0) is 20.8. The molecule has 6 nitrogen and oxygen atoms in total. The first-order chi connectivity index (χ1) is 12.4. The molecular weight excluding hydrogens is 356 g/mol. The molecule has 0 saturated carbocycles. The van der Waals surface area contributed by atoms with Gasteiger partial charge in [-0.05, 0) is 37.0 Å². The van der Waals surface area contributed by atoms with Gasteiger partial charge < -0.3 is 10.6 Å². The molecule has 1 aromatic carbocycles. The van der Waals surface area contributed by atoms with E-state index in [1.165, 1.54) is 6.92 Å². The van der Waals surface area contributed by atoms with E-state index < -0.39 is 41.4 Å². The Hall–Kier alpha value is -2.35. The van der Waals surface area contributed by atoms with Crippen molar-refractivity contribution in [3.63, 3.8) is 0 Å². The molecule has 150 valence electrons.